The second kappa shape index (κ2) is 7.86. The van der Waals surface area contributed by atoms with Gasteiger partial charge in [0.1, 0.15) is 0 Å². The van der Waals surface area contributed by atoms with E-state index in [0.29, 0.717) is 29.5 Å². The molecule has 0 spiro atoms. The normalized spacial score (nSPS) is 14.2. The van der Waals surface area contributed by atoms with Crippen molar-refractivity contribution in [1.29, 1.82) is 0 Å². The molecular weight excluding hydrogens is 332 g/mol. The number of rotatable bonds is 6. The maximum absolute atomic E-state index is 12.7. The molecule has 0 radical (unpaired) electrons. The average molecular weight is 354 g/mol. The number of anilines is 2. The molecule has 0 unspecified atom stereocenters. The number of nitrogen functional groups attached to an aromatic ring is 1. The van der Waals surface area contributed by atoms with Crippen LogP contribution in [-0.2, 0) is 6.54 Å². The van der Waals surface area contributed by atoms with Crippen molar-refractivity contribution < 1.29 is 9.72 Å². The highest BCUT2D eigenvalue weighted by Gasteiger charge is 2.20. The minimum atomic E-state index is -0.490. The lowest BCUT2D eigenvalue weighted by atomic mass is 10.1. The molecule has 1 amide bonds. The lowest BCUT2D eigenvalue weighted by molar-refractivity contribution is -0.384. The summed E-state index contributed by atoms with van der Waals surface area (Å²) in [5.41, 5.74) is 8.05. The highest BCUT2D eigenvalue weighted by Crippen LogP contribution is 2.27. The molecule has 1 saturated carbocycles. The molecule has 1 fully saturated rings. The molecule has 4 N–H and O–H groups in total. The summed E-state index contributed by atoms with van der Waals surface area (Å²) in [6.45, 7) is 0.324. The van der Waals surface area contributed by atoms with Crippen molar-refractivity contribution in [2.45, 2.75) is 38.3 Å². The van der Waals surface area contributed by atoms with Crippen LogP contribution in [0.1, 0.15) is 41.6 Å². The number of carbonyl (C=O) groups excluding carboxylic acids is 1. The van der Waals surface area contributed by atoms with Crippen LogP contribution in [0, 0.1) is 10.1 Å². The standard InChI is InChI=1S/C19H22N4O3/c20-14-7-5-13(6-8-14)12-21-19(24)17-11-16(23(25)26)9-10-18(17)22-15-3-1-2-4-15/h5-11,15,22H,1-4,12,20H2,(H,21,24). The van der Waals surface area contributed by atoms with Gasteiger partial charge >= 0.3 is 0 Å². The van der Waals surface area contributed by atoms with Gasteiger partial charge in [-0.05, 0) is 36.6 Å². The average Bonchev–Trinajstić information content (AvgIpc) is 3.14. The quantitative estimate of drug-likeness (QED) is 0.418. The number of nitro benzene ring substituents is 1. The lowest BCUT2D eigenvalue weighted by Crippen LogP contribution is -2.25. The van der Waals surface area contributed by atoms with E-state index in [2.05, 4.69) is 10.6 Å². The first-order chi connectivity index (χ1) is 12.5. The van der Waals surface area contributed by atoms with Crippen LogP contribution in [0.5, 0.6) is 0 Å². The summed E-state index contributed by atoms with van der Waals surface area (Å²) >= 11 is 0. The van der Waals surface area contributed by atoms with Crippen molar-refractivity contribution in [3.05, 3.63) is 63.7 Å². The first kappa shape index (κ1) is 17.7. The van der Waals surface area contributed by atoms with Gasteiger partial charge in [-0.15, -0.1) is 0 Å². The Balaban J connectivity index is 1.77. The topological polar surface area (TPSA) is 110 Å². The number of nitrogens with zero attached hydrogens (tertiary/aromatic N) is 1. The number of amides is 1. The van der Waals surface area contributed by atoms with Crippen LogP contribution in [-0.4, -0.2) is 16.9 Å². The zero-order chi connectivity index (χ0) is 18.5. The number of nitrogens with two attached hydrogens (primary N) is 1. The van der Waals surface area contributed by atoms with Gasteiger partial charge in [-0.2, -0.15) is 0 Å². The second-order valence-corrected chi connectivity index (χ2v) is 6.54. The molecule has 136 valence electrons. The monoisotopic (exact) mass is 354 g/mol. The summed E-state index contributed by atoms with van der Waals surface area (Å²) in [5.74, 6) is -0.342. The van der Waals surface area contributed by atoms with Crippen molar-refractivity contribution in [2.75, 3.05) is 11.1 Å². The Kier molecular flexibility index (Phi) is 5.36. The third-order valence-corrected chi connectivity index (χ3v) is 4.61. The number of nitro groups is 1. The van der Waals surface area contributed by atoms with Gasteiger partial charge in [0.05, 0.1) is 10.5 Å². The van der Waals surface area contributed by atoms with E-state index >= 15 is 0 Å². The fourth-order valence-electron chi connectivity index (χ4n) is 3.16. The van der Waals surface area contributed by atoms with Crippen LogP contribution in [0.3, 0.4) is 0 Å². The maximum Gasteiger partial charge on any atom is 0.270 e. The third kappa shape index (κ3) is 4.30. The zero-order valence-electron chi connectivity index (χ0n) is 14.4. The minimum Gasteiger partial charge on any atom is -0.399 e. The van der Waals surface area contributed by atoms with E-state index in [1.54, 1.807) is 18.2 Å². The van der Waals surface area contributed by atoms with E-state index in [9.17, 15) is 14.9 Å². The Bertz CT molecular complexity index is 799. The molecule has 0 aliphatic heterocycles. The van der Waals surface area contributed by atoms with Crippen molar-refractivity contribution in [3.63, 3.8) is 0 Å². The third-order valence-electron chi connectivity index (χ3n) is 4.61. The van der Waals surface area contributed by atoms with Gasteiger partial charge in [0.25, 0.3) is 11.6 Å². The molecule has 1 aliphatic rings. The molecule has 7 heteroatoms. The minimum absolute atomic E-state index is 0.0976. The van der Waals surface area contributed by atoms with Gasteiger partial charge in [0.2, 0.25) is 0 Å². The van der Waals surface area contributed by atoms with Crippen LogP contribution in [0.25, 0.3) is 0 Å². The van der Waals surface area contributed by atoms with Crippen LogP contribution >= 0.6 is 0 Å². The summed E-state index contributed by atoms with van der Waals surface area (Å²) in [6.07, 6.45) is 4.40. The first-order valence-electron chi connectivity index (χ1n) is 8.70. The molecule has 0 saturated heterocycles. The van der Waals surface area contributed by atoms with Gasteiger partial charge in [0.15, 0.2) is 0 Å². The number of benzene rings is 2. The fraction of sp³-hybridized carbons (Fsp3) is 0.316. The number of nitrogens with one attached hydrogen (secondary N) is 2. The number of hydrogen-bond acceptors (Lipinski definition) is 5. The van der Waals surface area contributed by atoms with Crippen LogP contribution in [0.15, 0.2) is 42.5 Å². The van der Waals surface area contributed by atoms with Gasteiger partial charge < -0.3 is 16.4 Å². The van der Waals surface area contributed by atoms with E-state index < -0.39 is 4.92 Å². The molecular formula is C19H22N4O3. The fourth-order valence-corrected chi connectivity index (χ4v) is 3.16. The molecule has 0 heterocycles. The SMILES string of the molecule is Nc1ccc(CNC(=O)c2cc([N+](=O)[O-])ccc2NC2CCCC2)cc1. The summed E-state index contributed by atoms with van der Waals surface area (Å²) in [4.78, 5) is 23.3. The molecule has 7 nitrogen and oxygen atoms in total. The lowest BCUT2D eigenvalue weighted by Gasteiger charge is -2.17. The maximum atomic E-state index is 12.7. The predicted octanol–water partition coefficient (Wildman–Crippen LogP) is 3.46. The van der Waals surface area contributed by atoms with Crippen LogP contribution in [0.4, 0.5) is 17.1 Å². The molecule has 2 aromatic rings. The molecule has 1 aliphatic carbocycles. The molecule has 3 rings (SSSR count). The van der Waals surface area contributed by atoms with Crippen molar-refractivity contribution in [1.82, 2.24) is 5.32 Å². The summed E-state index contributed by atoms with van der Waals surface area (Å²) in [7, 11) is 0. The first-order valence-corrected chi connectivity index (χ1v) is 8.70. The number of non-ortho nitro benzene ring substituents is 1. The molecule has 0 bridgehead atoms. The van der Waals surface area contributed by atoms with E-state index in [-0.39, 0.29) is 11.6 Å². The van der Waals surface area contributed by atoms with Crippen molar-refractivity contribution >= 4 is 23.0 Å². The Labute approximate surface area is 151 Å². The second-order valence-electron chi connectivity index (χ2n) is 6.54. The zero-order valence-corrected chi connectivity index (χ0v) is 14.4. The summed E-state index contributed by atoms with van der Waals surface area (Å²) in [6, 6.07) is 11.9. The van der Waals surface area contributed by atoms with E-state index in [0.717, 1.165) is 31.2 Å². The van der Waals surface area contributed by atoms with Gasteiger partial charge in [-0.1, -0.05) is 25.0 Å². The Morgan fingerprint density at radius 2 is 1.85 bits per heavy atom. The van der Waals surface area contributed by atoms with Crippen molar-refractivity contribution in [3.8, 4) is 0 Å². The molecule has 0 aromatic heterocycles. The van der Waals surface area contributed by atoms with Gasteiger partial charge in [-0.3, -0.25) is 14.9 Å². The Hall–Kier alpha value is -3.09. The molecule has 26 heavy (non-hydrogen) atoms. The molecule has 2 aromatic carbocycles. The summed E-state index contributed by atoms with van der Waals surface area (Å²) < 4.78 is 0. The molecule has 0 atom stereocenters. The highest BCUT2D eigenvalue weighted by atomic mass is 16.6. The van der Waals surface area contributed by atoms with Crippen molar-refractivity contribution in [2.24, 2.45) is 0 Å². The van der Waals surface area contributed by atoms with E-state index in [1.807, 2.05) is 12.1 Å². The van der Waals surface area contributed by atoms with Crippen LogP contribution < -0.4 is 16.4 Å². The highest BCUT2D eigenvalue weighted by molar-refractivity contribution is 6.00. The summed E-state index contributed by atoms with van der Waals surface area (Å²) in [5, 5.41) is 17.3. The van der Waals surface area contributed by atoms with Gasteiger partial charge in [0, 0.05) is 36.1 Å². The number of hydrogen-bond donors (Lipinski definition) is 3. The van der Waals surface area contributed by atoms with Crippen LogP contribution in [0.2, 0.25) is 0 Å². The Morgan fingerprint density at radius 1 is 1.15 bits per heavy atom. The van der Waals surface area contributed by atoms with E-state index in [4.69, 9.17) is 5.73 Å². The largest absolute Gasteiger partial charge is 0.399 e. The predicted molar refractivity (Wildman–Crippen MR) is 101 cm³/mol. The van der Waals surface area contributed by atoms with Gasteiger partial charge in [-0.25, -0.2) is 0 Å². The number of carbonyl (C=O) groups is 1. The van der Waals surface area contributed by atoms with E-state index in [1.165, 1.54) is 12.1 Å². The smallest absolute Gasteiger partial charge is 0.270 e. The Morgan fingerprint density at radius 3 is 2.50 bits per heavy atom.